The van der Waals surface area contributed by atoms with Gasteiger partial charge in [-0.3, -0.25) is 4.79 Å². The SMILES string of the molecule is CCOc1cccc(OCCN)c1OC(=O)CC. The Kier molecular flexibility index (Phi) is 6.00. The van der Waals surface area contributed by atoms with Crippen molar-refractivity contribution in [2.45, 2.75) is 20.3 Å². The van der Waals surface area contributed by atoms with Gasteiger partial charge in [-0.25, -0.2) is 0 Å². The number of carbonyl (C=O) groups excluding carboxylic acids is 1. The molecule has 0 aliphatic heterocycles. The van der Waals surface area contributed by atoms with Gasteiger partial charge in [0, 0.05) is 13.0 Å². The van der Waals surface area contributed by atoms with Crippen molar-refractivity contribution < 1.29 is 19.0 Å². The molecule has 0 aliphatic carbocycles. The minimum absolute atomic E-state index is 0.288. The van der Waals surface area contributed by atoms with Crippen LogP contribution >= 0.6 is 0 Å². The summed E-state index contributed by atoms with van der Waals surface area (Å²) in [4.78, 5) is 11.4. The highest BCUT2D eigenvalue weighted by atomic mass is 16.6. The van der Waals surface area contributed by atoms with E-state index in [1.165, 1.54) is 0 Å². The third kappa shape index (κ3) is 3.92. The van der Waals surface area contributed by atoms with Gasteiger partial charge in [0.1, 0.15) is 6.61 Å². The van der Waals surface area contributed by atoms with Gasteiger partial charge in [0.05, 0.1) is 6.61 Å². The number of hydrogen-bond acceptors (Lipinski definition) is 5. The van der Waals surface area contributed by atoms with Gasteiger partial charge in [-0.2, -0.15) is 0 Å². The molecule has 5 nitrogen and oxygen atoms in total. The molecule has 0 unspecified atom stereocenters. The lowest BCUT2D eigenvalue weighted by atomic mass is 10.3. The lowest BCUT2D eigenvalue weighted by molar-refractivity contribution is -0.134. The molecule has 0 heterocycles. The molecule has 0 aliphatic rings. The second-order valence-electron chi connectivity index (χ2n) is 3.48. The van der Waals surface area contributed by atoms with Crippen LogP contribution in [0.3, 0.4) is 0 Å². The molecule has 100 valence electrons. The summed E-state index contributed by atoms with van der Waals surface area (Å²) in [6, 6.07) is 5.23. The molecule has 0 aromatic heterocycles. The molecule has 0 saturated carbocycles. The predicted molar refractivity (Wildman–Crippen MR) is 68.1 cm³/mol. The Bertz CT molecular complexity index is 393. The standard InChI is InChI=1S/C13H19NO4/c1-3-12(15)18-13-10(16-4-2)6-5-7-11(13)17-9-8-14/h5-7H,3-4,8-9,14H2,1-2H3. The summed E-state index contributed by atoms with van der Waals surface area (Å²) in [6.45, 7) is 4.81. The molecular weight excluding hydrogens is 234 g/mol. The minimum Gasteiger partial charge on any atom is -0.490 e. The first-order valence-electron chi connectivity index (χ1n) is 6.02. The van der Waals surface area contributed by atoms with E-state index in [9.17, 15) is 4.79 Å². The van der Waals surface area contributed by atoms with E-state index in [-0.39, 0.29) is 12.4 Å². The number of rotatable bonds is 7. The molecule has 0 spiro atoms. The van der Waals surface area contributed by atoms with Gasteiger partial charge in [0.15, 0.2) is 11.5 Å². The van der Waals surface area contributed by atoms with E-state index in [1.807, 2.05) is 6.92 Å². The van der Waals surface area contributed by atoms with Crippen LogP contribution in [0, 0.1) is 0 Å². The largest absolute Gasteiger partial charge is 0.490 e. The van der Waals surface area contributed by atoms with Crippen molar-refractivity contribution in [1.82, 2.24) is 0 Å². The van der Waals surface area contributed by atoms with Crippen molar-refractivity contribution >= 4 is 5.97 Å². The fraction of sp³-hybridized carbons (Fsp3) is 0.462. The van der Waals surface area contributed by atoms with Crippen LogP contribution in [-0.2, 0) is 4.79 Å². The Morgan fingerprint density at radius 2 is 1.89 bits per heavy atom. The van der Waals surface area contributed by atoms with E-state index in [2.05, 4.69) is 0 Å². The summed E-state index contributed by atoms with van der Waals surface area (Å²) in [5.41, 5.74) is 5.39. The number of esters is 1. The van der Waals surface area contributed by atoms with E-state index in [1.54, 1.807) is 25.1 Å². The molecule has 0 saturated heterocycles. The summed E-state index contributed by atoms with van der Waals surface area (Å²) >= 11 is 0. The Morgan fingerprint density at radius 3 is 2.44 bits per heavy atom. The first kappa shape index (κ1) is 14.3. The molecule has 1 aromatic carbocycles. The third-order valence-corrected chi connectivity index (χ3v) is 2.12. The minimum atomic E-state index is -0.334. The van der Waals surface area contributed by atoms with Crippen molar-refractivity contribution in [2.75, 3.05) is 19.8 Å². The van der Waals surface area contributed by atoms with Crippen LogP contribution in [-0.4, -0.2) is 25.7 Å². The molecule has 2 N–H and O–H groups in total. The van der Waals surface area contributed by atoms with Crippen molar-refractivity contribution in [3.8, 4) is 17.2 Å². The van der Waals surface area contributed by atoms with Gasteiger partial charge in [-0.15, -0.1) is 0 Å². The van der Waals surface area contributed by atoms with Gasteiger partial charge in [0.2, 0.25) is 5.75 Å². The maximum absolute atomic E-state index is 11.4. The molecule has 0 radical (unpaired) electrons. The Hall–Kier alpha value is -1.75. The summed E-state index contributed by atoms with van der Waals surface area (Å²) < 4.78 is 16.1. The first-order valence-corrected chi connectivity index (χ1v) is 6.02. The summed E-state index contributed by atoms with van der Waals surface area (Å²) in [6.07, 6.45) is 0.288. The highest BCUT2D eigenvalue weighted by Crippen LogP contribution is 2.37. The second kappa shape index (κ2) is 7.55. The topological polar surface area (TPSA) is 70.8 Å². The van der Waals surface area contributed by atoms with Gasteiger partial charge in [-0.1, -0.05) is 13.0 Å². The first-order chi connectivity index (χ1) is 8.72. The molecule has 0 bridgehead atoms. The van der Waals surface area contributed by atoms with Crippen LogP contribution in [0.1, 0.15) is 20.3 Å². The van der Waals surface area contributed by atoms with Gasteiger partial charge >= 0.3 is 5.97 Å². The zero-order chi connectivity index (χ0) is 13.4. The maximum Gasteiger partial charge on any atom is 0.311 e. The smallest absolute Gasteiger partial charge is 0.311 e. The fourth-order valence-corrected chi connectivity index (χ4v) is 1.33. The number of benzene rings is 1. The van der Waals surface area contributed by atoms with Crippen molar-refractivity contribution in [1.29, 1.82) is 0 Å². The second-order valence-corrected chi connectivity index (χ2v) is 3.48. The van der Waals surface area contributed by atoms with Crippen LogP contribution in [0.4, 0.5) is 0 Å². The molecule has 1 aromatic rings. The monoisotopic (exact) mass is 253 g/mol. The highest BCUT2D eigenvalue weighted by Gasteiger charge is 2.15. The summed E-state index contributed by atoms with van der Waals surface area (Å²) in [5, 5.41) is 0. The van der Waals surface area contributed by atoms with E-state index >= 15 is 0 Å². The normalized spacial score (nSPS) is 9.94. The number of hydrogen-bond donors (Lipinski definition) is 1. The van der Waals surface area contributed by atoms with Gasteiger partial charge in [-0.05, 0) is 19.1 Å². The predicted octanol–water partition coefficient (Wildman–Crippen LogP) is 1.74. The Balaban J connectivity index is 2.99. The lowest BCUT2D eigenvalue weighted by Gasteiger charge is -2.14. The number of para-hydroxylation sites is 1. The van der Waals surface area contributed by atoms with Crippen molar-refractivity contribution in [3.05, 3.63) is 18.2 Å². The quantitative estimate of drug-likeness (QED) is 0.592. The molecular formula is C13H19NO4. The van der Waals surface area contributed by atoms with E-state index in [4.69, 9.17) is 19.9 Å². The Morgan fingerprint density at radius 1 is 1.22 bits per heavy atom. The van der Waals surface area contributed by atoms with Crippen molar-refractivity contribution in [3.63, 3.8) is 0 Å². The molecule has 18 heavy (non-hydrogen) atoms. The summed E-state index contributed by atoms with van der Waals surface area (Å²) in [7, 11) is 0. The third-order valence-electron chi connectivity index (χ3n) is 2.12. The summed E-state index contributed by atoms with van der Waals surface area (Å²) in [5.74, 6) is 0.946. The lowest BCUT2D eigenvalue weighted by Crippen LogP contribution is -2.13. The number of ether oxygens (including phenoxy) is 3. The highest BCUT2D eigenvalue weighted by molar-refractivity contribution is 5.74. The molecule has 1 rings (SSSR count). The Labute approximate surface area is 107 Å². The average molecular weight is 253 g/mol. The van der Waals surface area contributed by atoms with E-state index in [0.717, 1.165) is 0 Å². The maximum atomic E-state index is 11.4. The van der Waals surface area contributed by atoms with Crippen molar-refractivity contribution in [2.24, 2.45) is 5.73 Å². The fourth-order valence-electron chi connectivity index (χ4n) is 1.33. The molecule has 0 atom stereocenters. The van der Waals surface area contributed by atoms with Crippen LogP contribution < -0.4 is 19.9 Å². The number of carbonyl (C=O) groups is 1. The van der Waals surface area contributed by atoms with Gasteiger partial charge in [0.25, 0.3) is 0 Å². The average Bonchev–Trinajstić information content (AvgIpc) is 2.39. The van der Waals surface area contributed by atoms with Crippen LogP contribution in [0.5, 0.6) is 17.2 Å². The number of nitrogens with two attached hydrogens (primary N) is 1. The van der Waals surface area contributed by atoms with E-state index in [0.29, 0.717) is 37.0 Å². The van der Waals surface area contributed by atoms with Gasteiger partial charge < -0.3 is 19.9 Å². The van der Waals surface area contributed by atoms with Crippen LogP contribution in [0.15, 0.2) is 18.2 Å². The van der Waals surface area contributed by atoms with Crippen LogP contribution in [0.2, 0.25) is 0 Å². The molecule has 0 amide bonds. The zero-order valence-electron chi connectivity index (χ0n) is 10.8. The zero-order valence-corrected chi connectivity index (χ0v) is 10.8. The van der Waals surface area contributed by atoms with E-state index < -0.39 is 0 Å². The molecule has 5 heteroatoms. The molecule has 0 fully saturated rings. The van der Waals surface area contributed by atoms with Crippen LogP contribution in [0.25, 0.3) is 0 Å².